The third-order valence-corrected chi connectivity index (χ3v) is 3.53. The van der Waals surface area contributed by atoms with E-state index in [2.05, 4.69) is 26.2 Å². The zero-order chi connectivity index (χ0) is 11.9. The average molecular weight is 299 g/mol. The van der Waals surface area contributed by atoms with Crippen LogP contribution in [0, 0.1) is 0 Å². The Labute approximate surface area is 111 Å². The van der Waals surface area contributed by atoms with Gasteiger partial charge in [0.25, 0.3) is 0 Å². The van der Waals surface area contributed by atoms with Gasteiger partial charge in [0.2, 0.25) is 5.88 Å². The topological polar surface area (TPSA) is 34.1 Å². The lowest BCUT2D eigenvalue weighted by Crippen LogP contribution is -2.34. The van der Waals surface area contributed by atoms with E-state index in [9.17, 15) is 0 Å². The molecule has 1 fully saturated rings. The Morgan fingerprint density at radius 3 is 3.06 bits per heavy atom. The van der Waals surface area contributed by atoms with E-state index >= 15 is 0 Å². The van der Waals surface area contributed by atoms with Crippen LogP contribution in [-0.2, 0) is 0 Å². The molecule has 3 nitrogen and oxygen atoms in total. The Morgan fingerprint density at radius 2 is 2.35 bits per heavy atom. The molecule has 1 saturated heterocycles. The van der Waals surface area contributed by atoms with Crippen LogP contribution in [-0.4, -0.2) is 24.2 Å². The second-order valence-electron chi connectivity index (χ2n) is 4.45. The second kappa shape index (κ2) is 6.97. The standard InChI is InChI=1S/C13H19BrN2O/c14-11-6-7-13(16-10-11)17-9-3-5-12-4-1-2-8-15-12/h6-7,10,12,15H,1-5,8-9H2. The summed E-state index contributed by atoms with van der Waals surface area (Å²) in [5.41, 5.74) is 0. The number of piperidine rings is 1. The summed E-state index contributed by atoms with van der Waals surface area (Å²) in [5.74, 6) is 0.713. The molecule has 1 aliphatic heterocycles. The minimum Gasteiger partial charge on any atom is -0.478 e. The van der Waals surface area contributed by atoms with Gasteiger partial charge < -0.3 is 10.1 Å². The summed E-state index contributed by atoms with van der Waals surface area (Å²) in [6.07, 6.45) is 8.07. The number of hydrogen-bond acceptors (Lipinski definition) is 3. The Balaban J connectivity index is 1.60. The summed E-state index contributed by atoms with van der Waals surface area (Å²) in [5, 5.41) is 3.55. The Hall–Kier alpha value is -0.610. The molecule has 1 aromatic heterocycles. The molecule has 2 heterocycles. The largest absolute Gasteiger partial charge is 0.478 e. The van der Waals surface area contributed by atoms with Gasteiger partial charge in [0, 0.05) is 22.8 Å². The van der Waals surface area contributed by atoms with Crippen molar-refractivity contribution in [2.75, 3.05) is 13.2 Å². The molecule has 94 valence electrons. The van der Waals surface area contributed by atoms with Crippen molar-refractivity contribution >= 4 is 15.9 Å². The molecule has 1 atom stereocenters. The number of halogens is 1. The van der Waals surface area contributed by atoms with Crippen molar-refractivity contribution in [3.05, 3.63) is 22.8 Å². The normalized spacial score (nSPS) is 20.2. The van der Waals surface area contributed by atoms with E-state index < -0.39 is 0 Å². The lowest BCUT2D eigenvalue weighted by molar-refractivity contribution is 0.276. The minimum absolute atomic E-state index is 0.699. The first kappa shape index (κ1) is 12.8. The van der Waals surface area contributed by atoms with Crippen LogP contribution in [0.25, 0.3) is 0 Å². The lowest BCUT2D eigenvalue weighted by atomic mass is 10.0. The van der Waals surface area contributed by atoms with E-state index in [1.807, 2.05) is 12.1 Å². The number of pyridine rings is 1. The highest BCUT2D eigenvalue weighted by molar-refractivity contribution is 9.10. The van der Waals surface area contributed by atoms with Gasteiger partial charge in [-0.2, -0.15) is 0 Å². The molecule has 1 aromatic rings. The van der Waals surface area contributed by atoms with E-state index in [1.165, 1.54) is 32.2 Å². The molecule has 1 unspecified atom stereocenters. The first-order chi connectivity index (χ1) is 8.34. The van der Waals surface area contributed by atoms with Crippen LogP contribution < -0.4 is 10.1 Å². The Morgan fingerprint density at radius 1 is 1.41 bits per heavy atom. The highest BCUT2D eigenvalue weighted by Gasteiger charge is 2.11. The molecule has 0 amide bonds. The summed E-state index contributed by atoms with van der Waals surface area (Å²) in [4.78, 5) is 4.18. The van der Waals surface area contributed by atoms with Crippen molar-refractivity contribution in [1.29, 1.82) is 0 Å². The predicted molar refractivity (Wildman–Crippen MR) is 72.3 cm³/mol. The van der Waals surface area contributed by atoms with Crippen LogP contribution in [0.4, 0.5) is 0 Å². The van der Waals surface area contributed by atoms with E-state index in [-0.39, 0.29) is 0 Å². The number of nitrogens with one attached hydrogen (secondary N) is 1. The minimum atomic E-state index is 0.699. The highest BCUT2D eigenvalue weighted by atomic mass is 79.9. The number of rotatable bonds is 5. The maximum absolute atomic E-state index is 5.59. The monoisotopic (exact) mass is 298 g/mol. The van der Waals surface area contributed by atoms with Crippen LogP contribution in [0.1, 0.15) is 32.1 Å². The van der Waals surface area contributed by atoms with E-state index in [1.54, 1.807) is 6.20 Å². The first-order valence-corrected chi connectivity index (χ1v) is 7.11. The fourth-order valence-electron chi connectivity index (χ4n) is 2.12. The van der Waals surface area contributed by atoms with Gasteiger partial charge in [-0.05, 0) is 54.2 Å². The van der Waals surface area contributed by atoms with Crippen LogP contribution in [0.5, 0.6) is 5.88 Å². The van der Waals surface area contributed by atoms with E-state index in [4.69, 9.17) is 4.74 Å². The van der Waals surface area contributed by atoms with Gasteiger partial charge >= 0.3 is 0 Å². The summed E-state index contributed by atoms with van der Waals surface area (Å²) < 4.78 is 6.57. The molecule has 0 radical (unpaired) electrons. The van der Waals surface area contributed by atoms with Gasteiger partial charge in [-0.25, -0.2) is 4.98 Å². The average Bonchev–Trinajstić information content (AvgIpc) is 2.38. The Kier molecular flexibility index (Phi) is 5.26. The molecule has 0 saturated carbocycles. The summed E-state index contributed by atoms with van der Waals surface area (Å²) in [6, 6.07) is 4.54. The van der Waals surface area contributed by atoms with Gasteiger partial charge in [0.1, 0.15) is 0 Å². The SMILES string of the molecule is Brc1ccc(OCCCC2CCCCN2)nc1. The van der Waals surface area contributed by atoms with Gasteiger partial charge in [0.15, 0.2) is 0 Å². The van der Waals surface area contributed by atoms with Crippen molar-refractivity contribution in [1.82, 2.24) is 10.3 Å². The van der Waals surface area contributed by atoms with Gasteiger partial charge in [-0.1, -0.05) is 6.42 Å². The second-order valence-corrected chi connectivity index (χ2v) is 5.37. The number of hydrogen-bond donors (Lipinski definition) is 1. The predicted octanol–water partition coefficient (Wildman–Crippen LogP) is 3.15. The van der Waals surface area contributed by atoms with Crippen molar-refractivity contribution in [3.8, 4) is 5.88 Å². The third-order valence-electron chi connectivity index (χ3n) is 3.06. The molecule has 0 aromatic carbocycles. The first-order valence-electron chi connectivity index (χ1n) is 6.32. The maximum atomic E-state index is 5.59. The zero-order valence-corrected chi connectivity index (χ0v) is 11.6. The number of nitrogens with zero attached hydrogens (tertiary/aromatic N) is 1. The van der Waals surface area contributed by atoms with Crippen molar-refractivity contribution < 1.29 is 4.74 Å². The van der Waals surface area contributed by atoms with Gasteiger partial charge in [-0.15, -0.1) is 0 Å². The molecule has 4 heteroatoms. The van der Waals surface area contributed by atoms with Gasteiger partial charge in [0.05, 0.1) is 6.61 Å². The highest BCUT2D eigenvalue weighted by Crippen LogP contribution is 2.14. The smallest absolute Gasteiger partial charge is 0.213 e. The fourth-order valence-corrected chi connectivity index (χ4v) is 2.36. The molecular weight excluding hydrogens is 280 g/mol. The molecule has 0 aliphatic carbocycles. The molecule has 2 rings (SSSR count). The maximum Gasteiger partial charge on any atom is 0.213 e. The van der Waals surface area contributed by atoms with Crippen LogP contribution in [0.3, 0.4) is 0 Å². The molecular formula is C13H19BrN2O. The number of ether oxygens (including phenoxy) is 1. The molecule has 1 N–H and O–H groups in total. The molecule has 0 spiro atoms. The van der Waals surface area contributed by atoms with Crippen molar-refractivity contribution in [2.45, 2.75) is 38.1 Å². The Bertz CT molecular complexity index is 323. The summed E-state index contributed by atoms with van der Waals surface area (Å²) in [7, 11) is 0. The van der Waals surface area contributed by atoms with Crippen molar-refractivity contribution in [3.63, 3.8) is 0 Å². The summed E-state index contributed by atoms with van der Waals surface area (Å²) in [6.45, 7) is 1.94. The zero-order valence-electron chi connectivity index (χ0n) is 9.99. The van der Waals surface area contributed by atoms with Crippen LogP contribution in [0.2, 0.25) is 0 Å². The summed E-state index contributed by atoms with van der Waals surface area (Å²) >= 11 is 3.35. The molecule has 0 bridgehead atoms. The third kappa shape index (κ3) is 4.64. The van der Waals surface area contributed by atoms with Crippen molar-refractivity contribution in [2.24, 2.45) is 0 Å². The number of aromatic nitrogens is 1. The quantitative estimate of drug-likeness (QED) is 0.848. The molecule has 17 heavy (non-hydrogen) atoms. The van der Waals surface area contributed by atoms with Crippen LogP contribution >= 0.6 is 15.9 Å². The fraction of sp³-hybridized carbons (Fsp3) is 0.615. The van der Waals surface area contributed by atoms with Crippen LogP contribution in [0.15, 0.2) is 22.8 Å². The lowest BCUT2D eigenvalue weighted by Gasteiger charge is -2.23. The van der Waals surface area contributed by atoms with Gasteiger partial charge in [-0.3, -0.25) is 0 Å². The molecule has 1 aliphatic rings. The van der Waals surface area contributed by atoms with E-state index in [0.717, 1.165) is 17.5 Å². The van der Waals surface area contributed by atoms with E-state index in [0.29, 0.717) is 11.9 Å².